The van der Waals surface area contributed by atoms with Crippen LogP contribution in [0.15, 0.2) is 12.5 Å². The summed E-state index contributed by atoms with van der Waals surface area (Å²) < 4.78 is 2.24. The minimum atomic E-state index is 0.0866. The lowest BCUT2D eigenvalue weighted by atomic mass is 9.82. The van der Waals surface area contributed by atoms with Gasteiger partial charge in [-0.25, -0.2) is 4.98 Å². The molecule has 3 unspecified atom stereocenters. The Labute approximate surface area is 98.1 Å². The highest BCUT2D eigenvalue weighted by Gasteiger charge is 2.20. The number of hydrogen-bond acceptors (Lipinski definition) is 2. The van der Waals surface area contributed by atoms with Crippen LogP contribution in [0.25, 0.3) is 0 Å². The van der Waals surface area contributed by atoms with Gasteiger partial charge in [0.15, 0.2) is 0 Å². The molecule has 3 nitrogen and oxygen atoms in total. The highest BCUT2D eigenvalue weighted by atomic mass is 15.1. The predicted octanol–water partition coefficient (Wildman–Crippen LogP) is 2.73. The summed E-state index contributed by atoms with van der Waals surface area (Å²) in [4.78, 5) is 4.21. The van der Waals surface area contributed by atoms with Crippen molar-refractivity contribution in [1.29, 1.82) is 0 Å². The predicted molar refractivity (Wildman–Crippen MR) is 66.0 cm³/mol. The van der Waals surface area contributed by atoms with Crippen molar-refractivity contribution in [2.75, 3.05) is 0 Å². The molecule has 2 rings (SSSR count). The fraction of sp³-hybridized carbons (Fsp3) is 0.769. The van der Waals surface area contributed by atoms with Crippen LogP contribution in [-0.4, -0.2) is 9.55 Å². The summed E-state index contributed by atoms with van der Waals surface area (Å²) in [6.07, 6.45) is 9.33. The fourth-order valence-electron chi connectivity index (χ4n) is 2.87. The number of nitrogens with zero attached hydrogens (tertiary/aromatic N) is 2. The molecule has 1 aromatic heterocycles. The molecule has 0 spiro atoms. The van der Waals surface area contributed by atoms with E-state index in [9.17, 15) is 0 Å². The van der Waals surface area contributed by atoms with Gasteiger partial charge in [0.25, 0.3) is 0 Å². The third-order valence-electron chi connectivity index (χ3n) is 3.71. The molecule has 0 aromatic carbocycles. The van der Waals surface area contributed by atoms with Crippen molar-refractivity contribution >= 4 is 0 Å². The molecule has 0 bridgehead atoms. The Morgan fingerprint density at radius 2 is 2.38 bits per heavy atom. The van der Waals surface area contributed by atoms with Gasteiger partial charge in [0.1, 0.15) is 0 Å². The van der Waals surface area contributed by atoms with E-state index < -0.39 is 0 Å². The van der Waals surface area contributed by atoms with Crippen LogP contribution in [0.3, 0.4) is 0 Å². The van der Waals surface area contributed by atoms with Crippen molar-refractivity contribution < 1.29 is 0 Å². The van der Waals surface area contributed by atoms with Crippen molar-refractivity contribution in [3.8, 4) is 0 Å². The van der Waals surface area contributed by atoms with E-state index in [1.165, 1.54) is 31.4 Å². The lowest BCUT2D eigenvalue weighted by Crippen LogP contribution is -2.21. The van der Waals surface area contributed by atoms with E-state index in [0.29, 0.717) is 0 Å². The first-order chi connectivity index (χ1) is 7.66. The second kappa shape index (κ2) is 5.00. The minimum absolute atomic E-state index is 0.0866. The third-order valence-corrected chi connectivity index (χ3v) is 3.71. The second-order valence-electron chi connectivity index (χ2n) is 5.40. The molecular formula is C13H23N3. The molecule has 1 heterocycles. The SMILES string of the molecule is CC1CCCC(Cn2cncc2C(C)N)C1. The van der Waals surface area contributed by atoms with Crippen LogP contribution in [-0.2, 0) is 6.54 Å². The Bertz CT molecular complexity index is 330. The van der Waals surface area contributed by atoms with Crippen LogP contribution in [0.2, 0.25) is 0 Å². The van der Waals surface area contributed by atoms with Crippen molar-refractivity contribution in [1.82, 2.24) is 9.55 Å². The smallest absolute Gasteiger partial charge is 0.0948 e. The number of nitrogens with two attached hydrogens (primary N) is 1. The molecule has 1 aromatic rings. The molecule has 0 saturated heterocycles. The van der Waals surface area contributed by atoms with Gasteiger partial charge in [-0.2, -0.15) is 0 Å². The van der Waals surface area contributed by atoms with Crippen LogP contribution < -0.4 is 5.73 Å². The first-order valence-corrected chi connectivity index (χ1v) is 6.42. The zero-order valence-corrected chi connectivity index (χ0v) is 10.4. The van der Waals surface area contributed by atoms with Crippen LogP contribution in [0.5, 0.6) is 0 Å². The Balaban J connectivity index is 2.00. The first-order valence-electron chi connectivity index (χ1n) is 6.42. The highest BCUT2D eigenvalue weighted by molar-refractivity contribution is 5.03. The normalized spacial score (nSPS) is 27.9. The number of rotatable bonds is 3. The van der Waals surface area contributed by atoms with Crippen molar-refractivity contribution in [2.45, 2.75) is 52.1 Å². The minimum Gasteiger partial charge on any atom is -0.333 e. The Morgan fingerprint density at radius 1 is 1.56 bits per heavy atom. The average Bonchev–Trinajstić information content (AvgIpc) is 2.66. The molecule has 1 aliphatic rings. The summed E-state index contributed by atoms with van der Waals surface area (Å²) in [5, 5.41) is 0. The van der Waals surface area contributed by atoms with Gasteiger partial charge in [-0.3, -0.25) is 0 Å². The second-order valence-corrected chi connectivity index (χ2v) is 5.40. The molecule has 1 saturated carbocycles. The molecule has 16 heavy (non-hydrogen) atoms. The van der Waals surface area contributed by atoms with E-state index in [0.717, 1.165) is 18.4 Å². The van der Waals surface area contributed by atoms with Gasteiger partial charge in [-0.15, -0.1) is 0 Å². The first kappa shape index (κ1) is 11.6. The quantitative estimate of drug-likeness (QED) is 0.853. The molecule has 1 fully saturated rings. The monoisotopic (exact) mass is 221 g/mol. The van der Waals surface area contributed by atoms with E-state index in [2.05, 4.69) is 16.5 Å². The number of hydrogen-bond donors (Lipinski definition) is 1. The van der Waals surface area contributed by atoms with Gasteiger partial charge in [0.2, 0.25) is 0 Å². The van der Waals surface area contributed by atoms with Gasteiger partial charge in [0, 0.05) is 18.8 Å². The summed E-state index contributed by atoms with van der Waals surface area (Å²) in [7, 11) is 0. The zero-order valence-electron chi connectivity index (χ0n) is 10.4. The van der Waals surface area contributed by atoms with E-state index in [1.807, 2.05) is 19.4 Å². The number of aromatic nitrogens is 2. The van der Waals surface area contributed by atoms with E-state index in [4.69, 9.17) is 5.73 Å². The summed E-state index contributed by atoms with van der Waals surface area (Å²) in [5.74, 6) is 1.71. The van der Waals surface area contributed by atoms with Gasteiger partial charge in [-0.1, -0.05) is 19.8 Å². The standard InChI is InChI=1S/C13H23N3/c1-10-4-3-5-12(6-10)8-16-9-15-7-13(16)11(2)14/h7,9-12H,3-6,8,14H2,1-2H3. The molecule has 1 aliphatic carbocycles. The van der Waals surface area contributed by atoms with E-state index in [-0.39, 0.29) is 6.04 Å². The third kappa shape index (κ3) is 2.64. The maximum absolute atomic E-state index is 5.93. The fourth-order valence-corrected chi connectivity index (χ4v) is 2.87. The Hall–Kier alpha value is -0.830. The lowest BCUT2D eigenvalue weighted by molar-refractivity contribution is 0.254. The zero-order chi connectivity index (χ0) is 11.5. The summed E-state index contributed by atoms with van der Waals surface area (Å²) in [6.45, 7) is 5.49. The van der Waals surface area contributed by atoms with Crippen LogP contribution in [0.1, 0.15) is 51.3 Å². The lowest BCUT2D eigenvalue weighted by Gasteiger charge is -2.27. The molecular weight excluding hydrogens is 198 g/mol. The van der Waals surface area contributed by atoms with Crippen LogP contribution >= 0.6 is 0 Å². The summed E-state index contributed by atoms with van der Waals surface area (Å²) in [6, 6.07) is 0.0866. The molecule has 90 valence electrons. The molecule has 0 amide bonds. The van der Waals surface area contributed by atoms with Crippen LogP contribution in [0, 0.1) is 11.8 Å². The van der Waals surface area contributed by atoms with Crippen molar-refractivity contribution in [3.05, 3.63) is 18.2 Å². The molecule has 3 heteroatoms. The molecule has 3 atom stereocenters. The van der Waals surface area contributed by atoms with E-state index >= 15 is 0 Å². The summed E-state index contributed by atoms with van der Waals surface area (Å²) >= 11 is 0. The molecule has 2 N–H and O–H groups in total. The molecule has 0 radical (unpaired) electrons. The summed E-state index contributed by atoms with van der Waals surface area (Å²) in [5.41, 5.74) is 7.10. The van der Waals surface area contributed by atoms with Gasteiger partial charge >= 0.3 is 0 Å². The highest BCUT2D eigenvalue weighted by Crippen LogP contribution is 2.30. The van der Waals surface area contributed by atoms with E-state index in [1.54, 1.807) is 0 Å². The Morgan fingerprint density at radius 3 is 3.06 bits per heavy atom. The Kier molecular flexibility index (Phi) is 3.64. The van der Waals surface area contributed by atoms with Gasteiger partial charge in [0.05, 0.1) is 12.0 Å². The molecule has 0 aliphatic heterocycles. The van der Waals surface area contributed by atoms with Gasteiger partial charge < -0.3 is 10.3 Å². The van der Waals surface area contributed by atoms with Crippen molar-refractivity contribution in [3.63, 3.8) is 0 Å². The van der Waals surface area contributed by atoms with Crippen molar-refractivity contribution in [2.24, 2.45) is 17.6 Å². The largest absolute Gasteiger partial charge is 0.333 e. The average molecular weight is 221 g/mol. The van der Waals surface area contributed by atoms with Gasteiger partial charge in [-0.05, 0) is 31.6 Å². The maximum Gasteiger partial charge on any atom is 0.0948 e. The topological polar surface area (TPSA) is 43.8 Å². The maximum atomic E-state index is 5.93. The number of imidazole rings is 1. The van der Waals surface area contributed by atoms with Crippen LogP contribution in [0.4, 0.5) is 0 Å².